The smallest absolute Gasteiger partial charge is 0.336 e. The Balaban J connectivity index is 0.000000260. The van der Waals surface area contributed by atoms with Gasteiger partial charge < -0.3 is 30.5 Å². The highest BCUT2D eigenvalue weighted by Gasteiger charge is 2.40. The number of hydrogen-bond acceptors (Lipinski definition) is 7. The summed E-state index contributed by atoms with van der Waals surface area (Å²) in [6, 6.07) is 9.87. The van der Waals surface area contributed by atoms with E-state index >= 15 is 0 Å². The standard InChI is InChI=1S/C15H14Cl2N2O.C6H8O7/c16-11-3-1-10(2-4-11)14-7-13(8-19-15(14)17)20-9-12-5-6-18-12;7-3(8)1-6(13,5(11)12)2-4(9)10/h1-4,7-8,12,18H,5-6,9H2;13H,1-2H2,(H,7,8)(H,9,10)(H,11,12)/t12-;/m0./s1. The lowest BCUT2D eigenvalue weighted by molar-refractivity contribution is -0.170. The fourth-order valence-corrected chi connectivity index (χ4v) is 3.08. The summed E-state index contributed by atoms with van der Waals surface area (Å²) in [6.45, 7) is 1.73. The van der Waals surface area contributed by atoms with E-state index in [0.29, 0.717) is 22.8 Å². The van der Waals surface area contributed by atoms with Gasteiger partial charge in [0.25, 0.3) is 0 Å². The fourth-order valence-electron chi connectivity index (χ4n) is 2.74. The van der Waals surface area contributed by atoms with Crippen LogP contribution in [0.5, 0.6) is 5.75 Å². The third-order valence-corrected chi connectivity index (χ3v) is 5.18. The van der Waals surface area contributed by atoms with Gasteiger partial charge in [-0.15, -0.1) is 0 Å². The molecule has 178 valence electrons. The fraction of sp³-hybridized carbons (Fsp3) is 0.333. The molecule has 0 radical (unpaired) electrons. The molecule has 0 amide bonds. The summed E-state index contributed by atoms with van der Waals surface area (Å²) in [4.78, 5) is 34.7. The Morgan fingerprint density at radius 2 is 1.67 bits per heavy atom. The zero-order chi connectivity index (χ0) is 24.6. The summed E-state index contributed by atoms with van der Waals surface area (Å²) in [6.07, 6.45) is 0.523. The van der Waals surface area contributed by atoms with E-state index in [2.05, 4.69) is 10.3 Å². The molecule has 2 aromatic rings. The highest BCUT2D eigenvalue weighted by Crippen LogP contribution is 2.30. The van der Waals surface area contributed by atoms with E-state index in [-0.39, 0.29) is 0 Å². The third kappa shape index (κ3) is 8.17. The molecule has 0 spiro atoms. The van der Waals surface area contributed by atoms with Gasteiger partial charge in [0.05, 0.1) is 19.0 Å². The number of halogens is 2. The summed E-state index contributed by atoms with van der Waals surface area (Å²) in [5.74, 6) is -4.29. The second-order valence-corrected chi connectivity index (χ2v) is 8.04. The van der Waals surface area contributed by atoms with Crippen LogP contribution in [0.25, 0.3) is 11.1 Å². The van der Waals surface area contributed by atoms with Crippen molar-refractivity contribution in [3.05, 3.63) is 46.7 Å². The molecule has 5 N–H and O–H groups in total. The van der Waals surface area contributed by atoms with Crippen molar-refractivity contribution in [2.75, 3.05) is 13.2 Å². The van der Waals surface area contributed by atoms with Gasteiger partial charge in [-0.25, -0.2) is 9.78 Å². The molecule has 0 aliphatic carbocycles. The van der Waals surface area contributed by atoms with Gasteiger partial charge in [0.1, 0.15) is 17.5 Å². The predicted octanol–water partition coefficient (Wildman–Crippen LogP) is 2.55. The molecular formula is C21H22Cl2N2O8. The van der Waals surface area contributed by atoms with Gasteiger partial charge in [0.2, 0.25) is 0 Å². The van der Waals surface area contributed by atoms with Crippen LogP contribution in [0.2, 0.25) is 10.2 Å². The largest absolute Gasteiger partial charge is 0.490 e. The Morgan fingerprint density at radius 3 is 2.12 bits per heavy atom. The lowest BCUT2D eigenvalue weighted by Gasteiger charge is -2.27. The Kier molecular flexibility index (Phi) is 9.42. The summed E-state index contributed by atoms with van der Waals surface area (Å²) in [7, 11) is 0. The molecule has 3 rings (SSSR count). The molecule has 1 aromatic carbocycles. The second kappa shape index (κ2) is 11.8. The average molecular weight is 501 g/mol. The highest BCUT2D eigenvalue weighted by atomic mass is 35.5. The van der Waals surface area contributed by atoms with E-state index in [1.54, 1.807) is 6.20 Å². The van der Waals surface area contributed by atoms with E-state index in [4.69, 9.17) is 48.4 Å². The molecular weight excluding hydrogens is 479 g/mol. The van der Waals surface area contributed by atoms with Crippen LogP contribution in [-0.2, 0) is 14.4 Å². The van der Waals surface area contributed by atoms with Crippen molar-refractivity contribution in [2.24, 2.45) is 0 Å². The van der Waals surface area contributed by atoms with Crippen molar-refractivity contribution >= 4 is 41.1 Å². The van der Waals surface area contributed by atoms with Crippen molar-refractivity contribution in [3.8, 4) is 16.9 Å². The number of aliphatic carboxylic acids is 3. The maximum absolute atomic E-state index is 10.3. The van der Waals surface area contributed by atoms with Gasteiger partial charge in [0.15, 0.2) is 5.60 Å². The topological polar surface area (TPSA) is 166 Å². The number of carbonyl (C=O) groups is 3. The van der Waals surface area contributed by atoms with Crippen LogP contribution in [0, 0.1) is 0 Å². The van der Waals surface area contributed by atoms with Crippen LogP contribution in [-0.4, -0.2) is 68.1 Å². The summed E-state index contributed by atoms with van der Waals surface area (Å²) in [5, 5.41) is 38.3. The Hall–Kier alpha value is -2.92. The first-order chi connectivity index (χ1) is 15.5. The van der Waals surface area contributed by atoms with Crippen molar-refractivity contribution in [2.45, 2.75) is 30.9 Å². The molecule has 1 atom stereocenters. The summed E-state index contributed by atoms with van der Waals surface area (Å²) < 4.78 is 5.74. The Bertz CT molecular complexity index is 980. The maximum atomic E-state index is 10.3. The number of aliphatic hydroxyl groups is 1. The molecule has 33 heavy (non-hydrogen) atoms. The van der Waals surface area contributed by atoms with Crippen LogP contribution in [0.3, 0.4) is 0 Å². The van der Waals surface area contributed by atoms with Crippen LogP contribution in [0.1, 0.15) is 19.3 Å². The van der Waals surface area contributed by atoms with Crippen LogP contribution < -0.4 is 10.1 Å². The molecule has 2 heterocycles. The zero-order valence-electron chi connectivity index (χ0n) is 17.2. The molecule has 1 aromatic heterocycles. The highest BCUT2D eigenvalue weighted by molar-refractivity contribution is 6.32. The Labute approximate surface area is 198 Å². The van der Waals surface area contributed by atoms with Crippen LogP contribution in [0.4, 0.5) is 0 Å². The molecule has 12 heteroatoms. The normalized spacial score (nSPS) is 14.9. The summed E-state index contributed by atoms with van der Waals surface area (Å²) >= 11 is 12.1. The van der Waals surface area contributed by atoms with Gasteiger partial charge in [-0.2, -0.15) is 0 Å². The minimum absolute atomic E-state index is 0.449. The Morgan fingerprint density at radius 1 is 1.09 bits per heavy atom. The lowest BCUT2D eigenvalue weighted by atomic mass is 9.96. The number of ether oxygens (including phenoxy) is 1. The molecule has 1 aliphatic heterocycles. The number of nitrogens with zero attached hydrogens (tertiary/aromatic N) is 1. The minimum Gasteiger partial charge on any atom is -0.490 e. The molecule has 1 aliphatic rings. The number of nitrogens with one attached hydrogen (secondary N) is 1. The average Bonchev–Trinajstić information content (AvgIpc) is 2.68. The van der Waals surface area contributed by atoms with Gasteiger partial charge >= 0.3 is 17.9 Å². The predicted molar refractivity (Wildman–Crippen MR) is 119 cm³/mol. The van der Waals surface area contributed by atoms with E-state index in [1.807, 2.05) is 30.3 Å². The molecule has 0 bridgehead atoms. The first-order valence-corrected chi connectivity index (χ1v) is 10.4. The number of rotatable bonds is 9. The van der Waals surface area contributed by atoms with Crippen molar-refractivity contribution in [1.82, 2.24) is 10.3 Å². The monoisotopic (exact) mass is 500 g/mol. The molecule has 1 saturated heterocycles. The van der Waals surface area contributed by atoms with Gasteiger partial charge in [0, 0.05) is 16.6 Å². The minimum atomic E-state index is -2.74. The van der Waals surface area contributed by atoms with Crippen molar-refractivity contribution in [3.63, 3.8) is 0 Å². The first kappa shape index (κ1) is 26.3. The van der Waals surface area contributed by atoms with Gasteiger partial charge in [-0.05, 0) is 36.7 Å². The molecule has 0 unspecified atom stereocenters. The molecule has 10 nitrogen and oxygen atoms in total. The second-order valence-electron chi connectivity index (χ2n) is 7.24. The molecule has 0 saturated carbocycles. The number of benzene rings is 1. The number of pyridine rings is 1. The zero-order valence-corrected chi connectivity index (χ0v) is 18.7. The van der Waals surface area contributed by atoms with Crippen molar-refractivity contribution < 1.29 is 39.5 Å². The number of carboxylic acid groups (broad SMARTS) is 3. The number of hydrogen-bond donors (Lipinski definition) is 5. The van der Waals surface area contributed by atoms with E-state index in [9.17, 15) is 14.4 Å². The van der Waals surface area contributed by atoms with E-state index < -0.39 is 36.4 Å². The van der Waals surface area contributed by atoms with Crippen LogP contribution >= 0.6 is 23.2 Å². The quantitative estimate of drug-likeness (QED) is 0.322. The van der Waals surface area contributed by atoms with Crippen LogP contribution in [0.15, 0.2) is 36.5 Å². The van der Waals surface area contributed by atoms with E-state index in [0.717, 1.165) is 29.8 Å². The lowest BCUT2D eigenvalue weighted by Crippen LogP contribution is -2.46. The first-order valence-electron chi connectivity index (χ1n) is 9.67. The van der Waals surface area contributed by atoms with Gasteiger partial charge in [-0.3, -0.25) is 9.59 Å². The van der Waals surface area contributed by atoms with E-state index in [1.165, 1.54) is 0 Å². The van der Waals surface area contributed by atoms with Gasteiger partial charge in [-0.1, -0.05) is 35.3 Å². The number of aromatic nitrogens is 1. The van der Waals surface area contributed by atoms with Crippen molar-refractivity contribution in [1.29, 1.82) is 0 Å². The summed E-state index contributed by atoms with van der Waals surface area (Å²) in [5.41, 5.74) is -0.918. The third-order valence-electron chi connectivity index (χ3n) is 4.63. The molecule has 1 fully saturated rings. The number of carboxylic acids is 3. The SMILES string of the molecule is Clc1ccc(-c2cc(OC[C@@H]3CCN3)cnc2Cl)cc1.O=C(O)CC(O)(CC(=O)O)C(=O)O. The maximum Gasteiger partial charge on any atom is 0.336 e.